The van der Waals surface area contributed by atoms with Crippen molar-refractivity contribution >= 4 is 11.7 Å². The number of hydrogen-bond donors (Lipinski definition) is 3. The first-order valence-corrected chi connectivity index (χ1v) is 6.23. The Bertz CT molecular complexity index is 445. The van der Waals surface area contributed by atoms with E-state index in [9.17, 15) is 9.90 Å². The number of benzene rings is 1. The summed E-state index contributed by atoms with van der Waals surface area (Å²) in [4.78, 5) is 10.4. The minimum Gasteiger partial charge on any atom is -0.495 e. The summed E-state index contributed by atoms with van der Waals surface area (Å²) in [5, 5.41) is 21.3. The minimum atomic E-state index is -0.900. The molecule has 3 N–H and O–H groups in total. The van der Waals surface area contributed by atoms with Gasteiger partial charge in [0.25, 0.3) is 0 Å². The van der Waals surface area contributed by atoms with Gasteiger partial charge in [-0.25, -0.2) is 0 Å². The maximum Gasteiger partial charge on any atom is 0.303 e. The molecule has 0 radical (unpaired) electrons. The second-order valence-electron chi connectivity index (χ2n) is 4.60. The summed E-state index contributed by atoms with van der Waals surface area (Å²) in [5.74, 6) is -0.184. The lowest BCUT2D eigenvalue weighted by molar-refractivity contribution is -0.137. The molecule has 5 heteroatoms. The summed E-state index contributed by atoms with van der Waals surface area (Å²) in [6, 6.07) is 3.89. The van der Waals surface area contributed by atoms with Gasteiger partial charge in [-0.1, -0.05) is 0 Å². The van der Waals surface area contributed by atoms with Crippen molar-refractivity contribution in [3.8, 4) is 5.75 Å². The van der Waals surface area contributed by atoms with Gasteiger partial charge in [0.15, 0.2) is 0 Å². The molecule has 0 aliphatic carbocycles. The molecule has 0 saturated heterocycles. The molecule has 0 heterocycles. The molecule has 1 rings (SSSR count). The third-order valence-electron chi connectivity index (χ3n) is 3.04. The van der Waals surface area contributed by atoms with E-state index in [0.29, 0.717) is 12.3 Å². The fourth-order valence-electron chi connectivity index (χ4n) is 1.72. The van der Waals surface area contributed by atoms with Crippen LogP contribution in [0.3, 0.4) is 0 Å². The lowest BCUT2D eigenvalue weighted by atomic mass is 10.1. The van der Waals surface area contributed by atoms with Crippen molar-refractivity contribution < 1.29 is 19.7 Å². The van der Waals surface area contributed by atoms with E-state index in [1.54, 1.807) is 7.11 Å². The number of aliphatic carboxylic acids is 1. The number of hydrogen-bond acceptors (Lipinski definition) is 4. The topological polar surface area (TPSA) is 78.8 Å². The van der Waals surface area contributed by atoms with Crippen LogP contribution in [0, 0.1) is 13.8 Å². The van der Waals surface area contributed by atoms with Crippen molar-refractivity contribution in [2.24, 2.45) is 0 Å². The molecular formula is C14H21NO4. The van der Waals surface area contributed by atoms with Crippen molar-refractivity contribution in [1.29, 1.82) is 0 Å². The zero-order valence-electron chi connectivity index (χ0n) is 11.6. The molecule has 1 atom stereocenters. The van der Waals surface area contributed by atoms with Gasteiger partial charge in [0.05, 0.1) is 18.9 Å². The number of aryl methyl sites for hydroxylation is 2. The molecule has 0 aliphatic rings. The summed E-state index contributed by atoms with van der Waals surface area (Å²) in [6.45, 7) is 4.30. The zero-order chi connectivity index (χ0) is 14.4. The molecule has 1 aromatic carbocycles. The number of aliphatic hydroxyl groups is 1. The molecule has 5 nitrogen and oxygen atoms in total. The van der Waals surface area contributed by atoms with E-state index in [1.165, 1.54) is 0 Å². The van der Waals surface area contributed by atoms with Gasteiger partial charge in [-0.15, -0.1) is 0 Å². The number of methoxy groups -OCH3 is 1. The van der Waals surface area contributed by atoms with Crippen LogP contribution in [0.5, 0.6) is 5.75 Å². The summed E-state index contributed by atoms with van der Waals surface area (Å²) in [5.41, 5.74) is 3.07. The standard InChI is InChI=1S/C14H21NO4/c1-9-6-12(13(19-3)7-10(9)2)15-8-11(16)4-5-14(17)18/h6-7,11,15-16H,4-5,8H2,1-3H3,(H,17,18). The predicted molar refractivity (Wildman–Crippen MR) is 73.8 cm³/mol. The SMILES string of the molecule is COc1cc(C)c(C)cc1NCC(O)CCC(=O)O. The quantitative estimate of drug-likeness (QED) is 0.703. The molecule has 0 fully saturated rings. The molecule has 19 heavy (non-hydrogen) atoms. The van der Waals surface area contributed by atoms with Crippen molar-refractivity contribution in [2.45, 2.75) is 32.8 Å². The Labute approximate surface area is 113 Å². The van der Waals surface area contributed by atoms with Crippen molar-refractivity contribution in [2.75, 3.05) is 19.0 Å². The van der Waals surface area contributed by atoms with Crippen LogP contribution in [0.25, 0.3) is 0 Å². The Morgan fingerprint density at radius 2 is 2.00 bits per heavy atom. The summed E-state index contributed by atoms with van der Waals surface area (Å²) < 4.78 is 5.27. The second-order valence-corrected chi connectivity index (χ2v) is 4.60. The molecular weight excluding hydrogens is 246 g/mol. The normalized spacial score (nSPS) is 12.0. The summed E-state index contributed by atoms with van der Waals surface area (Å²) in [7, 11) is 1.59. The second kappa shape index (κ2) is 6.99. The average molecular weight is 267 g/mol. The number of carbonyl (C=O) groups is 1. The molecule has 0 spiro atoms. The van der Waals surface area contributed by atoms with Crippen LogP contribution in [0.1, 0.15) is 24.0 Å². The maximum absolute atomic E-state index is 10.4. The highest BCUT2D eigenvalue weighted by Crippen LogP contribution is 2.27. The molecule has 0 bridgehead atoms. The number of rotatable bonds is 7. The van der Waals surface area contributed by atoms with E-state index in [4.69, 9.17) is 9.84 Å². The fraction of sp³-hybridized carbons (Fsp3) is 0.500. The lowest BCUT2D eigenvalue weighted by Crippen LogP contribution is -2.20. The smallest absolute Gasteiger partial charge is 0.303 e. The van der Waals surface area contributed by atoms with E-state index < -0.39 is 12.1 Å². The van der Waals surface area contributed by atoms with Crippen LogP contribution >= 0.6 is 0 Å². The Morgan fingerprint density at radius 1 is 1.37 bits per heavy atom. The Balaban J connectivity index is 2.61. The van der Waals surface area contributed by atoms with Crippen LogP contribution in [0.15, 0.2) is 12.1 Å². The van der Waals surface area contributed by atoms with Crippen molar-refractivity contribution in [3.63, 3.8) is 0 Å². The van der Waals surface area contributed by atoms with Gasteiger partial charge in [0, 0.05) is 13.0 Å². The van der Waals surface area contributed by atoms with E-state index in [0.717, 1.165) is 16.8 Å². The van der Waals surface area contributed by atoms with Crippen molar-refractivity contribution in [3.05, 3.63) is 23.3 Å². The molecule has 106 valence electrons. The highest BCUT2D eigenvalue weighted by molar-refractivity contribution is 5.66. The first kappa shape index (κ1) is 15.3. The van der Waals surface area contributed by atoms with Gasteiger partial charge < -0.3 is 20.3 Å². The monoisotopic (exact) mass is 267 g/mol. The maximum atomic E-state index is 10.4. The molecule has 0 amide bonds. The van der Waals surface area contributed by atoms with Gasteiger partial charge in [0.1, 0.15) is 5.75 Å². The number of anilines is 1. The summed E-state index contributed by atoms with van der Waals surface area (Å²) >= 11 is 0. The van der Waals surface area contributed by atoms with Gasteiger partial charge in [0.2, 0.25) is 0 Å². The zero-order valence-corrected chi connectivity index (χ0v) is 11.6. The number of aliphatic hydroxyl groups excluding tert-OH is 1. The van der Waals surface area contributed by atoms with Crippen LogP contribution in [-0.2, 0) is 4.79 Å². The fourth-order valence-corrected chi connectivity index (χ4v) is 1.72. The highest BCUT2D eigenvalue weighted by Gasteiger charge is 2.10. The third-order valence-corrected chi connectivity index (χ3v) is 3.04. The minimum absolute atomic E-state index is 0.0348. The largest absolute Gasteiger partial charge is 0.495 e. The Morgan fingerprint density at radius 3 is 2.58 bits per heavy atom. The first-order valence-electron chi connectivity index (χ1n) is 6.23. The van der Waals surface area contributed by atoms with E-state index in [1.807, 2.05) is 26.0 Å². The molecule has 0 aliphatic heterocycles. The van der Waals surface area contributed by atoms with Gasteiger partial charge >= 0.3 is 5.97 Å². The van der Waals surface area contributed by atoms with E-state index in [-0.39, 0.29) is 12.8 Å². The molecule has 0 saturated carbocycles. The number of ether oxygens (including phenoxy) is 1. The van der Waals surface area contributed by atoms with Crippen LogP contribution in [0.2, 0.25) is 0 Å². The van der Waals surface area contributed by atoms with E-state index in [2.05, 4.69) is 5.32 Å². The van der Waals surface area contributed by atoms with Crippen LogP contribution in [-0.4, -0.2) is 35.9 Å². The summed E-state index contributed by atoms with van der Waals surface area (Å²) in [6.07, 6.45) is -0.495. The lowest BCUT2D eigenvalue weighted by Gasteiger charge is -2.16. The van der Waals surface area contributed by atoms with Crippen molar-refractivity contribution in [1.82, 2.24) is 0 Å². The van der Waals surface area contributed by atoms with Crippen LogP contribution in [0.4, 0.5) is 5.69 Å². The average Bonchev–Trinajstić information content (AvgIpc) is 2.37. The molecule has 1 unspecified atom stereocenters. The molecule has 1 aromatic rings. The van der Waals surface area contributed by atoms with Crippen LogP contribution < -0.4 is 10.1 Å². The first-order chi connectivity index (χ1) is 8.93. The highest BCUT2D eigenvalue weighted by atomic mass is 16.5. The van der Waals surface area contributed by atoms with Gasteiger partial charge in [-0.05, 0) is 43.5 Å². The Kier molecular flexibility index (Phi) is 5.63. The Hall–Kier alpha value is -1.75. The number of nitrogens with one attached hydrogen (secondary N) is 1. The third kappa shape index (κ3) is 4.79. The number of carboxylic acid groups (broad SMARTS) is 1. The number of carboxylic acids is 1. The molecule has 0 aromatic heterocycles. The van der Waals surface area contributed by atoms with E-state index >= 15 is 0 Å². The predicted octanol–water partition coefficient (Wildman–Crippen LogP) is 1.95. The van der Waals surface area contributed by atoms with Gasteiger partial charge in [-0.3, -0.25) is 4.79 Å². The van der Waals surface area contributed by atoms with Gasteiger partial charge in [-0.2, -0.15) is 0 Å².